The summed E-state index contributed by atoms with van der Waals surface area (Å²) in [7, 11) is 5.46. The van der Waals surface area contributed by atoms with Crippen molar-refractivity contribution in [3.05, 3.63) is 124 Å². The van der Waals surface area contributed by atoms with Gasteiger partial charge in [0.2, 0.25) is 5.82 Å². The number of aromatic nitrogens is 8. The predicted molar refractivity (Wildman–Crippen MR) is 249 cm³/mol. The zero-order valence-corrected chi connectivity index (χ0v) is 37.3. The van der Waals surface area contributed by atoms with Gasteiger partial charge in [0, 0.05) is 63.1 Å². The van der Waals surface area contributed by atoms with Crippen LogP contribution in [0.15, 0.2) is 97.1 Å². The molecular weight excluding hydrogens is 811 g/mol. The van der Waals surface area contributed by atoms with E-state index >= 15 is 0 Å². The fourth-order valence-electron chi connectivity index (χ4n) is 7.89. The van der Waals surface area contributed by atoms with Crippen molar-refractivity contribution >= 4 is 45.2 Å². The molecule has 0 aliphatic carbocycles. The Labute approximate surface area is 370 Å². The van der Waals surface area contributed by atoms with Crippen LogP contribution in [0.3, 0.4) is 0 Å². The van der Waals surface area contributed by atoms with Crippen molar-refractivity contribution in [2.45, 2.75) is 59.6 Å². The Hall–Kier alpha value is -7.62. The van der Waals surface area contributed by atoms with Crippen LogP contribution in [0.5, 0.6) is 5.75 Å². The maximum absolute atomic E-state index is 12.8. The molecule has 0 radical (unpaired) electrons. The van der Waals surface area contributed by atoms with Crippen LogP contribution in [0.1, 0.15) is 51.1 Å². The van der Waals surface area contributed by atoms with Crippen molar-refractivity contribution in [3.63, 3.8) is 0 Å². The van der Waals surface area contributed by atoms with Gasteiger partial charge >= 0.3 is 6.09 Å². The Morgan fingerprint density at radius 3 is 2.38 bits per heavy atom. The minimum atomic E-state index is -0.765. The highest BCUT2D eigenvalue weighted by Gasteiger charge is 2.27. The summed E-state index contributed by atoms with van der Waals surface area (Å²) in [6.45, 7) is 11.0. The largest absolute Gasteiger partial charge is 0.492 e. The van der Waals surface area contributed by atoms with Gasteiger partial charge in [-0.2, -0.15) is 5.21 Å². The van der Waals surface area contributed by atoms with Crippen LogP contribution in [0, 0.1) is 17.0 Å². The predicted octanol–water partition coefficient (Wildman–Crippen LogP) is 9.54. The second kappa shape index (κ2) is 17.6. The molecule has 0 spiro atoms. The van der Waals surface area contributed by atoms with Crippen molar-refractivity contribution in [1.82, 2.24) is 39.7 Å². The van der Waals surface area contributed by atoms with Gasteiger partial charge in [-0.3, -0.25) is 15.0 Å². The summed E-state index contributed by atoms with van der Waals surface area (Å²) in [6, 6.07) is 31.6. The summed E-state index contributed by atoms with van der Waals surface area (Å²) in [4.78, 5) is 37.5. The normalized spacial score (nSPS) is 11.6. The lowest BCUT2D eigenvalue weighted by atomic mass is 9.98. The standard InChI is InChI=1S/C48H51N11O5/c1-9-12-43-50-44-30(2)25-33(26-42(44)58(43)29-31-15-17-32(18-16-31)36-13-10-11-14-37(36)45-51-53-54-52-45)46-49-38-21-19-34(27-40(38)56(46)7)55(6)23-24-63-35-20-22-39(59(61)62)41(28-35)57(8)47(60)64-48(3,4)5/h10-11,13-22,25-28H,9,12,23-24,29H2,1-8H3,(H,51,52,53,54). The van der Waals surface area contributed by atoms with E-state index in [4.69, 9.17) is 19.4 Å². The molecule has 0 fully saturated rings. The number of imidazole rings is 2. The number of fused-ring (bicyclic) bond motifs is 2. The van der Waals surface area contributed by atoms with E-state index in [2.05, 4.69) is 97.0 Å². The van der Waals surface area contributed by atoms with Gasteiger partial charge in [-0.15, -0.1) is 10.2 Å². The Bertz CT molecular complexity index is 2990. The Morgan fingerprint density at radius 2 is 1.67 bits per heavy atom. The quantitative estimate of drug-likeness (QED) is 0.0814. The second-order valence-electron chi connectivity index (χ2n) is 16.9. The van der Waals surface area contributed by atoms with Gasteiger partial charge in [0.15, 0.2) is 0 Å². The monoisotopic (exact) mass is 861 g/mol. The summed E-state index contributed by atoms with van der Waals surface area (Å²) in [5, 5.41) is 26.5. The number of aromatic amines is 1. The third-order valence-electron chi connectivity index (χ3n) is 11.1. The number of carbonyl (C=O) groups excluding carboxylic acids is 1. The number of H-pyrrole nitrogens is 1. The van der Waals surface area contributed by atoms with Crippen LogP contribution in [0.2, 0.25) is 0 Å². The first-order chi connectivity index (χ1) is 30.7. The molecule has 0 bridgehead atoms. The molecule has 3 heterocycles. The van der Waals surface area contributed by atoms with E-state index in [9.17, 15) is 14.9 Å². The number of nitrogens with zero attached hydrogens (tertiary/aromatic N) is 10. The third kappa shape index (κ3) is 8.84. The molecule has 16 nitrogen and oxygen atoms in total. The lowest BCUT2D eigenvalue weighted by Gasteiger charge is -2.25. The first kappa shape index (κ1) is 43.0. The minimum Gasteiger partial charge on any atom is -0.492 e. The minimum absolute atomic E-state index is 0.0780. The van der Waals surface area contributed by atoms with E-state index in [1.54, 1.807) is 20.8 Å². The number of nitro groups is 1. The molecule has 1 N–H and O–H groups in total. The molecule has 3 aromatic heterocycles. The summed E-state index contributed by atoms with van der Waals surface area (Å²) >= 11 is 0. The Morgan fingerprint density at radius 1 is 0.906 bits per heavy atom. The number of nitrogens with one attached hydrogen (secondary N) is 1. The molecule has 1 amide bonds. The van der Waals surface area contributed by atoms with Crippen molar-refractivity contribution in [1.29, 1.82) is 0 Å². The van der Waals surface area contributed by atoms with Crippen molar-refractivity contribution in [2.24, 2.45) is 7.05 Å². The molecule has 328 valence electrons. The van der Waals surface area contributed by atoms with E-state index in [1.807, 2.05) is 44.4 Å². The number of anilines is 2. The van der Waals surface area contributed by atoms with Gasteiger partial charge in [0.05, 0.1) is 33.5 Å². The number of likely N-dealkylation sites (N-methyl/N-ethyl adjacent to an activating group) is 1. The van der Waals surface area contributed by atoms with Crippen molar-refractivity contribution in [3.8, 4) is 39.7 Å². The zero-order chi connectivity index (χ0) is 45.3. The summed E-state index contributed by atoms with van der Waals surface area (Å²) in [6.07, 6.45) is 1.12. The molecule has 0 aliphatic rings. The second-order valence-corrected chi connectivity index (χ2v) is 16.9. The molecular formula is C48H51N11O5. The maximum atomic E-state index is 12.8. The number of tetrazole rings is 1. The van der Waals surface area contributed by atoms with Crippen LogP contribution in [-0.2, 0) is 24.8 Å². The summed E-state index contributed by atoms with van der Waals surface area (Å²) < 4.78 is 16.0. The number of ether oxygens (including phenoxy) is 2. The molecule has 5 aromatic carbocycles. The summed E-state index contributed by atoms with van der Waals surface area (Å²) in [5.41, 5.74) is 10.2. The number of rotatable bonds is 14. The van der Waals surface area contributed by atoms with Crippen LogP contribution >= 0.6 is 0 Å². The van der Waals surface area contributed by atoms with E-state index in [0.29, 0.717) is 24.7 Å². The van der Waals surface area contributed by atoms with E-state index in [-0.39, 0.29) is 18.0 Å². The van der Waals surface area contributed by atoms with Gasteiger partial charge in [0.25, 0.3) is 5.69 Å². The topological polar surface area (TPSA) is 175 Å². The average Bonchev–Trinajstić information content (AvgIpc) is 4.02. The number of amides is 1. The smallest absolute Gasteiger partial charge is 0.414 e. The van der Waals surface area contributed by atoms with Gasteiger partial charge < -0.3 is 23.5 Å². The van der Waals surface area contributed by atoms with E-state index < -0.39 is 16.6 Å². The van der Waals surface area contributed by atoms with E-state index in [1.165, 1.54) is 25.2 Å². The number of aryl methyl sites for hydroxylation is 3. The lowest BCUT2D eigenvalue weighted by Crippen LogP contribution is -2.34. The average molecular weight is 862 g/mol. The first-order valence-electron chi connectivity index (χ1n) is 21.2. The molecule has 8 aromatic rings. The van der Waals surface area contributed by atoms with Crippen molar-refractivity contribution < 1.29 is 19.2 Å². The fraction of sp³-hybridized carbons (Fsp3) is 0.292. The van der Waals surface area contributed by atoms with Crippen molar-refractivity contribution in [2.75, 3.05) is 37.0 Å². The summed E-state index contributed by atoms with van der Waals surface area (Å²) in [5.74, 6) is 2.85. The van der Waals surface area contributed by atoms with Crippen LogP contribution in [0.4, 0.5) is 21.9 Å². The maximum Gasteiger partial charge on any atom is 0.414 e. The van der Waals surface area contributed by atoms with Gasteiger partial charge in [-0.1, -0.05) is 55.5 Å². The molecule has 0 saturated carbocycles. The first-order valence-corrected chi connectivity index (χ1v) is 21.2. The van der Waals surface area contributed by atoms with E-state index in [0.717, 1.165) is 90.5 Å². The fourth-order valence-corrected chi connectivity index (χ4v) is 7.89. The molecule has 16 heteroatoms. The number of nitro benzene ring substituents is 1. The van der Waals surface area contributed by atoms with Crippen LogP contribution < -0.4 is 14.5 Å². The lowest BCUT2D eigenvalue weighted by molar-refractivity contribution is -0.384. The van der Waals surface area contributed by atoms with Gasteiger partial charge in [-0.05, 0) is 98.0 Å². The highest BCUT2D eigenvalue weighted by molar-refractivity contribution is 5.91. The van der Waals surface area contributed by atoms with Crippen LogP contribution in [-0.4, -0.2) is 83.6 Å². The molecule has 0 aliphatic heterocycles. The molecule has 0 unspecified atom stereocenters. The Kier molecular flexibility index (Phi) is 11.9. The van der Waals surface area contributed by atoms with Gasteiger partial charge in [0.1, 0.15) is 35.3 Å². The molecule has 64 heavy (non-hydrogen) atoms. The zero-order valence-electron chi connectivity index (χ0n) is 37.3. The number of benzene rings is 5. The highest BCUT2D eigenvalue weighted by atomic mass is 16.6. The number of hydrogen-bond donors (Lipinski definition) is 1. The third-order valence-corrected chi connectivity index (χ3v) is 11.1. The highest BCUT2D eigenvalue weighted by Crippen LogP contribution is 2.35. The SMILES string of the molecule is CCCc1nc2c(C)cc(-c3nc4ccc(N(C)CCOc5ccc([N+](=O)[O-])c(N(C)C(=O)OC(C)(C)C)c5)cc4n3C)cc2n1Cc1ccc(-c2ccccc2-c2nn[nH]n2)cc1. The molecule has 0 saturated heterocycles. The molecule has 8 rings (SSSR count). The number of carbonyl (C=O) groups is 1. The number of hydrogen-bond acceptors (Lipinski definition) is 11. The Balaban J connectivity index is 1.01. The van der Waals surface area contributed by atoms with Gasteiger partial charge in [-0.25, -0.2) is 14.8 Å². The van der Waals surface area contributed by atoms with Crippen LogP contribution in [0.25, 0.3) is 56.0 Å². The molecule has 0 atom stereocenters.